The predicted octanol–water partition coefficient (Wildman–Crippen LogP) is 4.49. The Hall–Kier alpha value is -3.61. The molecule has 0 saturated heterocycles. The maximum absolute atomic E-state index is 13.1. The van der Waals surface area contributed by atoms with Crippen molar-refractivity contribution in [2.75, 3.05) is 11.9 Å². The fourth-order valence-electron chi connectivity index (χ4n) is 3.55. The molecule has 1 aliphatic heterocycles. The van der Waals surface area contributed by atoms with Crippen LogP contribution in [0.25, 0.3) is 0 Å². The molecule has 0 saturated carbocycles. The highest BCUT2D eigenvalue weighted by Gasteiger charge is 2.34. The van der Waals surface area contributed by atoms with E-state index in [4.69, 9.17) is 9.47 Å². The molecule has 0 spiro atoms. The molecule has 2 heterocycles. The van der Waals surface area contributed by atoms with Crippen molar-refractivity contribution in [1.82, 2.24) is 14.8 Å². The Kier molecular flexibility index (Phi) is 6.31. The Labute approximate surface area is 181 Å². The van der Waals surface area contributed by atoms with Crippen molar-refractivity contribution < 1.29 is 14.3 Å². The lowest BCUT2D eigenvalue weighted by molar-refractivity contribution is -0.140. The average Bonchev–Trinajstić information content (AvgIpc) is 3.26. The number of rotatable bonds is 8. The van der Waals surface area contributed by atoms with Gasteiger partial charge in [-0.2, -0.15) is 10.1 Å². The van der Waals surface area contributed by atoms with Crippen LogP contribution in [0.15, 0.2) is 72.2 Å². The Bertz CT molecular complexity index is 1060. The highest BCUT2D eigenvalue weighted by atomic mass is 16.5. The maximum Gasteiger partial charge on any atom is 0.338 e. The number of hydrogen-bond acceptors (Lipinski definition) is 6. The van der Waals surface area contributed by atoms with E-state index in [2.05, 4.69) is 22.3 Å². The van der Waals surface area contributed by atoms with Crippen molar-refractivity contribution in [2.45, 2.75) is 39.3 Å². The average molecular weight is 418 g/mol. The van der Waals surface area contributed by atoms with Crippen molar-refractivity contribution in [3.05, 3.63) is 83.3 Å². The summed E-state index contributed by atoms with van der Waals surface area (Å²) in [6, 6.07) is 17.0. The van der Waals surface area contributed by atoms with Gasteiger partial charge in [0.15, 0.2) is 0 Å². The molecule has 3 aromatic rings. The number of esters is 1. The Morgan fingerprint density at radius 1 is 1.13 bits per heavy atom. The topological polar surface area (TPSA) is 78.3 Å². The molecule has 31 heavy (non-hydrogen) atoms. The molecule has 0 bridgehead atoms. The zero-order chi connectivity index (χ0) is 21.6. The van der Waals surface area contributed by atoms with Gasteiger partial charge in [-0.25, -0.2) is 9.48 Å². The highest BCUT2D eigenvalue weighted by Crippen LogP contribution is 2.35. The van der Waals surface area contributed by atoms with Crippen LogP contribution in [-0.2, 0) is 16.1 Å². The molecule has 1 aromatic heterocycles. The number of allylic oxidation sites excluding steroid dienone is 1. The van der Waals surface area contributed by atoms with E-state index in [0.717, 1.165) is 29.7 Å². The first-order valence-electron chi connectivity index (χ1n) is 10.5. The Balaban J connectivity index is 1.59. The van der Waals surface area contributed by atoms with Crippen LogP contribution < -0.4 is 10.1 Å². The van der Waals surface area contributed by atoms with E-state index in [9.17, 15) is 4.79 Å². The molecule has 1 aliphatic rings. The first-order chi connectivity index (χ1) is 15.2. The van der Waals surface area contributed by atoms with Crippen LogP contribution in [0.3, 0.4) is 0 Å². The number of unbranched alkanes of at least 4 members (excludes halogenated alkanes) is 1. The van der Waals surface area contributed by atoms with Crippen molar-refractivity contribution in [3.8, 4) is 5.75 Å². The van der Waals surface area contributed by atoms with Crippen LogP contribution in [0.1, 0.15) is 43.9 Å². The van der Waals surface area contributed by atoms with Gasteiger partial charge in [-0.15, -0.1) is 0 Å². The lowest BCUT2D eigenvalue weighted by Gasteiger charge is -2.28. The number of carbonyl (C=O) groups excluding carboxylic acids is 1. The molecule has 1 atom stereocenters. The lowest BCUT2D eigenvalue weighted by atomic mass is 9.95. The minimum absolute atomic E-state index is 0.206. The number of aromatic nitrogens is 3. The first-order valence-corrected chi connectivity index (χ1v) is 10.5. The molecule has 4 rings (SSSR count). The predicted molar refractivity (Wildman–Crippen MR) is 118 cm³/mol. The number of anilines is 1. The number of benzene rings is 2. The first kappa shape index (κ1) is 20.7. The third-order valence-electron chi connectivity index (χ3n) is 5.19. The second kappa shape index (κ2) is 9.47. The normalized spacial score (nSPS) is 15.2. The Morgan fingerprint density at radius 3 is 2.65 bits per heavy atom. The second-order valence-corrected chi connectivity index (χ2v) is 7.43. The number of nitrogens with one attached hydrogen (secondary N) is 1. The standard InChI is InChI=1S/C24H26N4O3/c1-3-4-14-30-20-12-10-19(11-13-20)22-21(17(2)27-24-25-16-26-28(22)24)23(29)31-15-18-8-6-5-7-9-18/h5-13,16,22H,3-4,14-15H2,1-2H3,(H,25,26,27). The minimum atomic E-state index is -0.438. The van der Waals surface area contributed by atoms with Gasteiger partial charge in [-0.05, 0) is 36.6 Å². The van der Waals surface area contributed by atoms with E-state index in [0.29, 0.717) is 23.8 Å². The summed E-state index contributed by atoms with van der Waals surface area (Å²) in [6.07, 6.45) is 3.57. The molecule has 0 amide bonds. The zero-order valence-corrected chi connectivity index (χ0v) is 17.7. The van der Waals surface area contributed by atoms with Crippen LogP contribution in [0, 0.1) is 0 Å². The number of carbonyl (C=O) groups is 1. The fourth-order valence-corrected chi connectivity index (χ4v) is 3.55. The molecule has 1 N–H and O–H groups in total. The van der Waals surface area contributed by atoms with Crippen molar-refractivity contribution >= 4 is 11.9 Å². The summed E-state index contributed by atoms with van der Waals surface area (Å²) >= 11 is 0. The molecular formula is C24H26N4O3. The summed E-state index contributed by atoms with van der Waals surface area (Å²) in [4.78, 5) is 17.4. The summed E-state index contributed by atoms with van der Waals surface area (Å²) in [6.45, 7) is 4.88. The Morgan fingerprint density at radius 2 is 1.90 bits per heavy atom. The number of fused-ring (bicyclic) bond motifs is 1. The smallest absolute Gasteiger partial charge is 0.338 e. The van der Waals surface area contributed by atoms with Gasteiger partial charge in [-0.3, -0.25) is 0 Å². The monoisotopic (exact) mass is 418 g/mol. The van der Waals surface area contributed by atoms with E-state index in [1.165, 1.54) is 6.33 Å². The van der Waals surface area contributed by atoms with Crippen molar-refractivity contribution in [2.24, 2.45) is 0 Å². The van der Waals surface area contributed by atoms with E-state index < -0.39 is 6.04 Å². The van der Waals surface area contributed by atoms with Gasteiger partial charge in [-0.1, -0.05) is 55.8 Å². The van der Waals surface area contributed by atoms with E-state index in [1.54, 1.807) is 4.68 Å². The summed E-state index contributed by atoms with van der Waals surface area (Å²) in [5.41, 5.74) is 3.05. The molecule has 7 nitrogen and oxygen atoms in total. The van der Waals surface area contributed by atoms with E-state index in [1.807, 2.05) is 61.5 Å². The number of hydrogen-bond donors (Lipinski definition) is 1. The van der Waals surface area contributed by atoms with Gasteiger partial charge in [0.25, 0.3) is 0 Å². The van der Waals surface area contributed by atoms with Gasteiger partial charge >= 0.3 is 5.97 Å². The summed E-state index contributed by atoms with van der Waals surface area (Å²) < 4.78 is 13.1. The third kappa shape index (κ3) is 4.60. The quantitative estimate of drug-likeness (QED) is 0.429. The fraction of sp³-hybridized carbons (Fsp3) is 0.292. The lowest BCUT2D eigenvalue weighted by Crippen LogP contribution is -2.29. The molecule has 2 aromatic carbocycles. The molecule has 7 heteroatoms. The molecule has 0 radical (unpaired) electrons. The largest absolute Gasteiger partial charge is 0.494 e. The summed E-state index contributed by atoms with van der Waals surface area (Å²) in [5.74, 6) is 1.01. The minimum Gasteiger partial charge on any atom is -0.494 e. The van der Waals surface area contributed by atoms with Crippen molar-refractivity contribution in [1.29, 1.82) is 0 Å². The van der Waals surface area contributed by atoms with E-state index >= 15 is 0 Å². The number of ether oxygens (including phenoxy) is 2. The van der Waals surface area contributed by atoms with Crippen LogP contribution in [-0.4, -0.2) is 27.3 Å². The van der Waals surface area contributed by atoms with Crippen LogP contribution in [0.5, 0.6) is 5.75 Å². The third-order valence-corrected chi connectivity index (χ3v) is 5.19. The van der Waals surface area contributed by atoms with Crippen LogP contribution in [0.2, 0.25) is 0 Å². The summed E-state index contributed by atoms with van der Waals surface area (Å²) in [5, 5.41) is 7.51. The molecule has 0 aliphatic carbocycles. The van der Waals surface area contributed by atoms with Gasteiger partial charge < -0.3 is 14.8 Å². The maximum atomic E-state index is 13.1. The molecule has 1 unspecified atom stereocenters. The second-order valence-electron chi connectivity index (χ2n) is 7.43. The van der Waals surface area contributed by atoms with Crippen LogP contribution >= 0.6 is 0 Å². The van der Waals surface area contributed by atoms with Gasteiger partial charge in [0.05, 0.1) is 12.2 Å². The van der Waals surface area contributed by atoms with Gasteiger partial charge in [0, 0.05) is 5.70 Å². The van der Waals surface area contributed by atoms with Gasteiger partial charge in [0.2, 0.25) is 5.95 Å². The van der Waals surface area contributed by atoms with Gasteiger partial charge in [0.1, 0.15) is 24.7 Å². The van der Waals surface area contributed by atoms with Crippen molar-refractivity contribution in [3.63, 3.8) is 0 Å². The van der Waals surface area contributed by atoms with Crippen LogP contribution in [0.4, 0.5) is 5.95 Å². The summed E-state index contributed by atoms with van der Waals surface area (Å²) in [7, 11) is 0. The molecule has 160 valence electrons. The zero-order valence-electron chi connectivity index (χ0n) is 17.7. The molecule has 0 fully saturated rings. The van der Waals surface area contributed by atoms with E-state index in [-0.39, 0.29) is 12.6 Å². The number of nitrogens with zero attached hydrogens (tertiary/aromatic N) is 3. The SMILES string of the molecule is CCCCOc1ccc(C2C(C(=O)OCc3ccccc3)=C(C)Nc3ncnn32)cc1. The molecular weight excluding hydrogens is 392 g/mol. The highest BCUT2D eigenvalue weighted by molar-refractivity contribution is 5.92.